The standard InChI is InChI=1S/C11H17NO2/c1-6-8-12(9-7-2)10(13)14-11(3,4)5/h6H,1,8H2,2-5H3. The molecule has 0 rings (SSSR count). The van der Waals surface area contributed by atoms with E-state index < -0.39 is 11.7 Å². The average molecular weight is 195 g/mol. The molecular formula is C11H17NO2. The summed E-state index contributed by atoms with van der Waals surface area (Å²) in [6, 6.07) is 2.64. The smallest absolute Gasteiger partial charge is 0.422 e. The molecule has 14 heavy (non-hydrogen) atoms. The maximum Gasteiger partial charge on any atom is 0.422 e. The third-order valence-corrected chi connectivity index (χ3v) is 1.17. The summed E-state index contributed by atoms with van der Waals surface area (Å²) < 4.78 is 5.14. The Kier molecular flexibility index (Phi) is 4.79. The number of carbonyl (C=O) groups is 1. The second kappa shape index (κ2) is 5.33. The van der Waals surface area contributed by atoms with Gasteiger partial charge in [-0.05, 0) is 27.7 Å². The lowest BCUT2D eigenvalue weighted by atomic mass is 10.2. The van der Waals surface area contributed by atoms with Crippen LogP contribution in [0.15, 0.2) is 12.7 Å². The van der Waals surface area contributed by atoms with Crippen molar-refractivity contribution in [3.8, 4) is 12.0 Å². The Morgan fingerprint density at radius 1 is 1.57 bits per heavy atom. The van der Waals surface area contributed by atoms with E-state index >= 15 is 0 Å². The molecule has 0 heterocycles. The molecule has 0 saturated carbocycles. The Balaban J connectivity index is 4.42. The molecule has 0 unspecified atom stereocenters. The van der Waals surface area contributed by atoms with Gasteiger partial charge in [-0.2, -0.15) is 0 Å². The van der Waals surface area contributed by atoms with Crippen LogP contribution in [0.5, 0.6) is 0 Å². The van der Waals surface area contributed by atoms with Crippen LogP contribution in [0.2, 0.25) is 0 Å². The second-order valence-electron chi connectivity index (χ2n) is 3.74. The fourth-order valence-corrected chi connectivity index (χ4v) is 0.747. The third kappa shape index (κ3) is 5.26. The Morgan fingerprint density at radius 3 is 2.50 bits per heavy atom. The molecule has 0 aromatic carbocycles. The summed E-state index contributed by atoms with van der Waals surface area (Å²) in [6.45, 7) is 11.0. The SMILES string of the molecule is C=CCN(C#CC)C(=O)OC(C)(C)C. The minimum Gasteiger partial charge on any atom is -0.443 e. The monoisotopic (exact) mass is 195 g/mol. The van der Waals surface area contributed by atoms with Crippen molar-refractivity contribution >= 4 is 6.09 Å². The topological polar surface area (TPSA) is 29.5 Å². The van der Waals surface area contributed by atoms with Gasteiger partial charge in [-0.3, -0.25) is 0 Å². The summed E-state index contributed by atoms with van der Waals surface area (Å²) in [6.07, 6.45) is 1.17. The highest BCUT2D eigenvalue weighted by Gasteiger charge is 2.20. The maximum absolute atomic E-state index is 11.5. The minimum absolute atomic E-state index is 0.371. The van der Waals surface area contributed by atoms with E-state index in [0.717, 1.165) is 0 Å². The van der Waals surface area contributed by atoms with Crippen molar-refractivity contribution in [1.82, 2.24) is 4.90 Å². The molecule has 0 saturated heterocycles. The molecule has 0 aliphatic carbocycles. The number of ether oxygens (including phenoxy) is 1. The van der Waals surface area contributed by atoms with Gasteiger partial charge in [0, 0.05) is 6.04 Å². The zero-order valence-corrected chi connectivity index (χ0v) is 9.26. The molecule has 0 bridgehead atoms. The molecule has 0 fully saturated rings. The van der Waals surface area contributed by atoms with Crippen molar-refractivity contribution in [1.29, 1.82) is 0 Å². The lowest BCUT2D eigenvalue weighted by Gasteiger charge is -2.22. The third-order valence-electron chi connectivity index (χ3n) is 1.17. The molecule has 1 amide bonds. The van der Waals surface area contributed by atoms with Crippen molar-refractivity contribution in [3.05, 3.63) is 12.7 Å². The van der Waals surface area contributed by atoms with E-state index in [1.54, 1.807) is 13.0 Å². The van der Waals surface area contributed by atoms with Crippen LogP contribution in [0.1, 0.15) is 27.7 Å². The molecule has 0 N–H and O–H groups in total. The Bertz CT molecular complexity index is 265. The fraction of sp³-hybridized carbons (Fsp3) is 0.545. The van der Waals surface area contributed by atoms with E-state index in [9.17, 15) is 4.79 Å². The Hall–Kier alpha value is -1.43. The summed E-state index contributed by atoms with van der Waals surface area (Å²) >= 11 is 0. The second-order valence-corrected chi connectivity index (χ2v) is 3.74. The highest BCUT2D eigenvalue weighted by Crippen LogP contribution is 2.09. The molecule has 0 aromatic rings. The van der Waals surface area contributed by atoms with Gasteiger partial charge < -0.3 is 4.74 Å². The number of carbonyl (C=O) groups excluding carboxylic acids is 1. The van der Waals surface area contributed by atoms with E-state index in [4.69, 9.17) is 4.74 Å². The van der Waals surface area contributed by atoms with E-state index in [-0.39, 0.29) is 0 Å². The number of hydrogen-bond donors (Lipinski definition) is 0. The van der Waals surface area contributed by atoms with Gasteiger partial charge in [0.2, 0.25) is 0 Å². The summed E-state index contributed by atoms with van der Waals surface area (Å²) in [5.41, 5.74) is -0.494. The molecule has 0 radical (unpaired) electrons. The van der Waals surface area contributed by atoms with Crippen LogP contribution in [0.4, 0.5) is 4.79 Å². The quantitative estimate of drug-likeness (QED) is 0.384. The minimum atomic E-state index is -0.494. The van der Waals surface area contributed by atoms with Crippen molar-refractivity contribution in [2.45, 2.75) is 33.3 Å². The first-order chi connectivity index (χ1) is 6.40. The van der Waals surface area contributed by atoms with E-state index in [1.807, 2.05) is 20.8 Å². The van der Waals surface area contributed by atoms with Crippen LogP contribution in [0.25, 0.3) is 0 Å². The molecule has 0 atom stereocenters. The maximum atomic E-state index is 11.5. The fourth-order valence-electron chi connectivity index (χ4n) is 0.747. The zero-order chi connectivity index (χ0) is 11.2. The highest BCUT2D eigenvalue weighted by molar-refractivity contribution is 5.70. The molecule has 3 nitrogen and oxygen atoms in total. The van der Waals surface area contributed by atoms with Gasteiger partial charge in [-0.1, -0.05) is 12.0 Å². The van der Waals surface area contributed by atoms with E-state index in [2.05, 4.69) is 18.5 Å². The first kappa shape index (κ1) is 12.6. The molecule has 78 valence electrons. The first-order valence-corrected chi connectivity index (χ1v) is 4.44. The van der Waals surface area contributed by atoms with E-state index in [0.29, 0.717) is 6.54 Å². The van der Waals surface area contributed by atoms with Crippen LogP contribution in [-0.2, 0) is 4.74 Å². The van der Waals surface area contributed by atoms with Crippen molar-refractivity contribution in [2.24, 2.45) is 0 Å². The highest BCUT2D eigenvalue weighted by atomic mass is 16.6. The molecule has 0 aromatic heterocycles. The van der Waals surface area contributed by atoms with Gasteiger partial charge in [0.25, 0.3) is 0 Å². The van der Waals surface area contributed by atoms with Gasteiger partial charge in [0.05, 0.1) is 6.54 Å². The number of nitrogens with zero attached hydrogens (tertiary/aromatic N) is 1. The lowest BCUT2D eigenvalue weighted by Crippen LogP contribution is -2.33. The molecule has 3 heteroatoms. The average Bonchev–Trinajstić information content (AvgIpc) is 2.01. The van der Waals surface area contributed by atoms with Crippen molar-refractivity contribution < 1.29 is 9.53 Å². The van der Waals surface area contributed by atoms with Gasteiger partial charge in [0.15, 0.2) is 0 Å². The Morgan fingerprint density at radius 2 is 2.14 bits per heavy atom. The predicted molar refractivity (Wildman–Crippen MR) is 56.6 cm³/mol. The van der Waals surface area contributed by atoms with Crippen LogP contribution in [0.3, 0.4) is 0 Å². The van der Waals surface area contributed by atoms with Crippen LogP contribution in [-0.4, -0.2) is 23.1 Å². The largest absolute Gasteiger partial charge is 0.443 e. The molecule has 0 aliphatic rings. The van der Waals surface area contributed by atoms with Crippen molar-refractivity contribution in [3.63, 3.8) is 0 Å². The number of amides is 1. The molecule has 0 spiro atoms. The van der Waals surface area contributed by atoms with Crippen LogP contribution in [0, 0.1) is 12.0 Å². The normalized spacial score (nSPS) is 9.71. The summed E-state index contributed by atoms with van der Waals surface area (Å²) in [7, 11) is 0. The van der Waals surface area contributed by atoms with Gasteiger partial charge in [0.1, 0.15) is 5.60 Å². The predicted octanol–water partition coefficient (Wildman–Crippen LogP) is 2.39. The van der Waals surface area contributed by atoms with Crippen molar-refractivity contribution in [2.75, 3.05) is 6.54 Å². The summed E-state index contributed by atoms with van der Waals surface area (Å²) in [5, 5.41) is 0. The number of hydrogen-bond acceptors (Lipinski definition) is 2. The van der Waals surface area contributed by atoms with Crippen LogP contribution >= 0.6 is 0 Å². The summed E-state index contributed by atoms with van der Waals surface area (Å²) in [4.78, 5) is 12.8. The molecular weight excluding hydrogens is 178 g/mol. The van der Waals surface area contributed by atoms with E-state index in [1.165, 1.54) is 4.90 Å². The zero-order valence-electron chi connectivity index (χ0n) is 9.26. The van der Waals surface area contributed by atoms with Crippen LogP contribution < -0.4 is 0 Å². The first-order valence-electron chi connectivity index (χ1n) is 4.44. The lowest BCUT2D eigenvalue weighted by molar-refractivity contribution is 0.0368. The summed E-state index contributed by atoms with van der Waals surface area (Å²) in [5.74, 6) is 2.65. The van der Waals surface area contributed by atoms with Gasteiger partial charge >= 0.3 is 6.09 Å². The van der Waals surface area contributed by atoms with Gasteiger partial charge in [-0.15, -0.1) is 6.58 Å². The number of rotatable bonds is 2. The Labute approximate surface area is 85.7 Å². The van der Waals surface area contributed by atoms with Gasteiger partial charge in [-0.25, -0.2) is 9.69 Å². The molecule has 0 aliphatic heterocycles.